The highest BCUT2D eigenvalue weighted by Crippen LogP contribution is 2.15. The molecule has 0 aromatic heterocycles. The van der Waals surface area contributed by atoms with Gasteiger partial charge in [-0.2, -0.15) is 5.01 Å². The van der Waals surface area contributed by atoms with E-state index in [4.69, 9.17) is 0 Å². The summed E-state index contributed by atoms with van der Waals surface area (Å²) in [5.74, 6) is -0.0757. The first-order valence-electron chi connectivity index (χ1n) is 11.6. The Bertz CT molecular complexity index is 1060. The van der Waals surface area contributed by atoms with Gasteiger partial charge in [0, 0.05) is 18.8 Å². The smallest absolute Gasteiger partial charge is 0.227 e. The molecule has 0 bridgehead atoms. The summed E-state index contributed by atoms with van der Waals surface area (Å²) in [7, 11) is 0. The highest BCUT2D eigenvalue weighted by atomic mass is 35.5. The Balaban J connectivity index is 0.00000342. The van der Waals surface area contributed by atoms with Crippen LogP contribution in [0.5, 0.6) is 0 Å². The van der Waals surface area contributed by atoms with Crippen molar-refractivity contribution >= 4 is 30.3 Å². The monoisotopic (exact) mass is 493 g/mol. The number of carbonyl (C=O) groups excluding carboxylic acids is 1. The van der Waals surface area contributed by atoms with Gasteiger partial charge < -0.3 is 21.2 Å². The SMILES string of the molecule is Cl.O=C(CC1N=CNN1Cc1ccccc1)Nc1ccc(CCNC[C@H](O)c2ccccc2)cc1. The summed E-state index contributed by atoms with van der Waals surface area (Å²) in [5.41, 5.74) is 7.12. The normalized spacial score (nSPS) is 15.7. The van der Waals surface area contributed by atoms with Gasteiger partial charge in [0.25, 0.3) is 0 Å². The molecule has 3 aromatic rings. The van der Waals surface area contributed by atoms with E-state index in [0.29, 0.717) is 13.1 Å². The Morgan fingerprint density at radius 1 is 0.971 bits per heavy atom. The van der Waals surface area contributed by atoms with E-state index < -0.39 is 6.10 Å². The number of carbonyl (C=O) groups is 1. The molecule has 0 radical (unpaired) electrons. The van der Waals surface area contributed by atoms with Gasteiger partial charge in [0.1, 0.15) is 6.17 Å². The fraction of sp³-hybridized carbons (Fsp3) is 0.259. The quantitative estimate of drug-likeness (QED) is 0.306. The van der Waals surface area contributed by atoms with Crippen molar-refractivity contribution in [3.8, 4) is 0 Å². The van der Waals surface area contributed by atoms with Gasteiger partial charge in [0.2, 0.25) is 5.91 Å². The highest BCUT2D eigenvalue weighted by molar-refractivity contribution is 5.91. The summed E-state index contributed by atoms with van der Waals surface area (Å²) in [5, 5.41) is 18.4. The first-order chi connectivity index (χ1) is 16.7. The molecule has 0 saturated heterocycles. The Morgan fingerprint density at radius 3 is 2.37 bits per heavy atom. The molecule has 8 heteroatoms. The predicted molar refractivity (Wildman–Crippen MR) is 142 cm³/mol. The van der Waals surface area contributed by atoms with Crippen molar-refractivity contribution in [1.29, 1.82) is 0 Å². The number of hydrogen-bond donors (Lipinski definition) is 4. The van der Waals surface area contributed by atoms with Gasteiger partial charge in [-0.1, -0.05) is 72.8 Å². The summed E-state index contributed by atoms with van der Waals surface area (Å²) in [6.07, 6.45) is 2.00. The fourth-order valence-corrected chi connectivity index (χ4v) is 3.85. The van der Waals surface area contributed by atoms with Crippen LogP contribution in [0.1, 0.15) is 29.2 Å². The van der Waals surface area contributed by atoms with Crippen LogP contribution in [0.25, 0.3) is 0 Å². The first kappa shape index (κ1) is 26.4. The largest absolute Gasteiger partial charge is 0.387 e. The molecular weight excluding hydrogens is 462 g/mol. The first-order valence-corrected chi connectivity index (χ1v) is 11.6. The second-order valence-electron chi connectivity index (χ2n) is 8.33. The number of aliphatic imine (C=N–C) groups is 1. The maximum atomic E-state index is 12.6. The second kappa shape index (κ2) is 13.6. The number of anilines is 1. The van der Waals surface area contributed by atoms with Crippen molar-refractivity contribution in [2.75, 3.05) is 18.4 Å². The topological polar surface area (TPSA) is 89.0 Å². The molecule has 1 heterocycles. The van der Waals surface area contributed by atoms with Gasteiger partial charge in [-0.05, 0) is 41.8 Å². The summed E-state index contributed by atoms with van der Waals surface area (Å²) < 4.78 is 0. The number of aliphatic hydroxyl groups excluding tert-OH is 1. The van der Waals surface area contributed by atoms with E-state index in [1.807, 2.05) is 77.8 Å². The molecule has 0 fully saturated rings. The third-order valence-electron chi connectivity index (χ3n) is 5.74. The standard InChI is InChI=1S/C27H31N5O2.ClH/c33-25(23-9-5-2-6-10-23)18-28-16-15-21-11-13-24(14-12-21)31-27(34)17-26-29-20-30-32(26)19-22-7-3-1-4-8-22;/h1-14,20,25-26,28,33H,15-19H2,(H,29,30)(H,31,34);1H/t25-,26?;/m0./s1. The van der Waals surface area contributed by atoms with Crippen LogP contribution in [0.3, 0.4) is 0 Å². The van der Waals surface area contributed by atoms with Crippen molar-refractivity contribution in [1.82, 2.24) is 15.8 Å². The third-order valence-corrected chi connectivity index (χ3v) is 5.74. The lowest BCUT2D eigenvalue weighted by Crippen LogP contribution is -2.39. The van der Waals surface area contributed by atoms with E-state index in [1.165, 1.54) is 5.56 Å². The van der Waals surface area contributed by atoms with Crippen molar-refractivity contribution in [3.05, 3.63) is 102 Å². The summed E-state index contributed by atoms with van der Waals surface area (Å²) in [4.78, 5) is 17.0. The molecule has 1 aliphatic heterocycles. The van der Waals surface area contributed by atoms with Crippen LogP contribution in [0.2, 0.25) is 0 Å². The number of nitrogens with zero attached hydrogens (tertiary/aromatic N) is 2. The molecule has 184 valence electrons. The molecule has 1 unspecified atom stereocenters. The van der Waals surface area contributed by atoms with Gasteiger partial charge in [0.05, 0.1) is 18.9 Å². The van der Waals surface area contributed by atoms with Gasteiger partial charge >= 0.3 is 0 Å². The molecule has 2 atom stereocenters. The minimum atomic E-state index is -0.512. The number of rotatable bonds is 11. The Labute approximate surface area is 212 Å². The van der Waals surface area contributed by atoms with Crippen molar-refractivity contribution < 1.29 is 9.90 Å². The molecule has 0 saturated carbocycles. The molecule has 3 aromatic carbocycles. The molecule has 35 heavy (non-hydrogen) atoms. The van der Waals surface area contributed by atoms with Crippen molar-refractivity contribution in [2.24, 2.45) is 4.99 Å². The second-order valence-corrected chi connectivity index (χ2v) is 8.33. The number of hydrazine groups is 1. The molecule has 0 spiro atoms. The maximum absolute atomic E-state index is 12.6. The number of nitrogens with one attached hydrogen (secondary N) is 3. The zero-order chi connectivity index (χ0) is 23.6. The maximum Gasteiger partial charge on any atom is 0.227 e. The number of amides is 1. The summed E-state index contributed by atoms with van der Waals surface area (Å²) in [6, 6.07) is 27.6. The van der Waals surface area contributed by atoms with E-state index >= 15 is 0 Å². The number of benzene rings is 3. The van der Waals surface area contributed by atoms with E-state index in [9.17, 15) is 9.90 Å². The average Bonchev–Trinajstić information content (AvgIpc) is 3.30. The van der Waals surface area contributed by atoms with Crippen LogP contribution < -0.4 is 16.1 Å². The van der Waals surface area contributed by atoms with Crippen LogP contribution >= 0.6 is 12.4 Å². The number of halogens is 1. The van der Waals surface area contributed by atoms with E-state index in [2.05, 4.69) is 33.2 Å². The lowest BCUT2D eigenvalue weighted by atomic mass is 10.1. The van der Waals surface area contributed by atoms with Crippen LogP contribution in [0.15, 0.2) is 89.9 Å². The Hall–Kier alpha value is -3.23. The minimum Gasteiger partial charge on any atom is -0.387 e. The molecule has 1 amide bonds. The number of aliphatic hydroxyl groups is 1. The van der Waals surface area contributed by atoms with Crippen LogP contribution in [-0.2, 0) is 17.8 Å². The molecule has 7 nitrogen and oxygen atoms in total. The molecule has 4 rings (SSSR count). The summed E-state index contributed by atoms with van der Waals surface area (Å²) >= 11 is 0. The lowest BCUT2D eigenvalue weighted by Gasteiger charge is -2.22. The summed E-state index contributed by atoms with van der Waals surface area (Å²) in [6.45, 7) is 1.95. The van der Waals surface area contributed by atoms with Crippen molar-refractivity contribution in [2.45, 2.75) is 31.7 Å². The van der Waals surface area contributed by atoms with E-state index in [1.54, 1.807) is 6.34 Å². The molecular formula is C27H32ClN5O2. The van der Waals surface area contributed by atoms with Crippen LogP contribution in [-0.4, -0.2) is 41.6 Å². The van der Waals surface area contributed by atoms with E-state index in [-0.39, 0.29) is 30.9 Å². The zero-order valence-corrected chi connectivity index (χ0v) is 20.3. The molecule has 4 N–H and O–H groups in total. The Morgan fingerprint density at radius 2 is 1.66 bits per heavy atom. The third kappa shape index (κ3) is 8.19. The van der Waals surface area contributed by atoms with Crippen LogP contribution in [0.4, 0.5) is 5.69 Å². The molecule has 0 aliphatic carbocycles. The van der Waals surface area contributed by atoms with E-state index in [0.717, 1.165) is 29.8 Å². The van der Waals surface area contributed by atoms with Gasteiger partial charge in [0.15, 0.2) is 0 Å². The molecule has 1 aliphatic rings. The highest BCUT2D eigenvalue weighted by Gasteiger charge is 2.24. The predicted octanol–water partition coefficient (Wildman–Crippen LogP) is 3.68. The van der Waals surface area contributed by atoms with Gasteiger partial charge in [-0.25, -0.2) is 0 Å². The fourth-order valence-electron chi connectivity index (χ4n) is 3.85. The van der Waals surface area contributed by atoms with Crippen LogP contribution in [0, 0.1) is 0 Å². The number of hydrogen-bond acceptors (Lipinski definition) is 6. The van der Waals surface area contributed by atoms with Gasteiger partial charge in [-0.3, -0.25) is 9.79 Å². The minimum absolute atomic E-state index is 0. The van der Waals surface area contributed by atoms with Crippen molar-refractivity contribution in [3.63, 3.8) is 0 Å². The van der Waals surface area contributed by atoms with Gasteiger partial charge in [-0.15, -0.1) is 12.4 Å². The lowest BCUT2D eigenvalue weighted by molar-refractivity contribution is -0.117. The Kier molecular flexibility index (Phi) is 10.3. The zero-order valence-electron chi connectivity index (χ0n) is 19.5. The average molecular weight is 494 g/mol.